The Morgan fingerprint density at radius 3 is 2.50 bits per heavy atom. The van der Waals surface area contributed by atoms with Crippen LogP contribution in [0.25, 0.3) is 0 Å². The van der Waals surface area contributed by atoms with Crippen LogP contribution in [0, 0.1) is 6.92 Å². The minimum Gasteiger partial charge on any atom is -0.493 e. The number of rotatable bonds is 3. The fourth-order valence-electron chi connectivity index (χ4n) is 1.05. The molecule has 0 unspecified atom stereocenters. The minimum absolute atomic E-state index is 0.0214. The lowest BCUT2D eigenvalue weighted by Crippen LogP contribution is -2.04. The Morgan fingerprint density at radius 2 is 2.00 bits per heavy atom. The second-order valence-electron chi connectivity index (χ2n) is 2.66. The third-order valence-electron chi connectivity index (χ3n) is 1.58. The first-order valence-corrected chi connectivity index (χ1v) is 4.63. The van der Waals surface area contributed by atoms with Crippen LogP contribution in [0.3, 0.4) is 0 Å². The number of benzene rings is 1. The summed E-state index contributed by atoms with van der Waals surface area (Å²) in [5, 5.41) is 0. The van der Waals surface area contributed by atoms with Crippen molar-refractivity contribution in [3.63, 3.8) is 0 Å². The molecule has 1 aromatic rings. The van der Waals surface area contributed by atoms with E-state index in [0.29, 0.717) is 4.47 Å². The maximum absolute atomic E-state index is 12.0. The fourth-order valence-corrected chi connectivity index (χ4v) is 1.70. The lowest BCUT2D eigenvalue weighted by molar-refractivity contribution is -0.0517. The van der Waals surface area contributed by atoms with E-state index in [4.69, 9.17) is 4.74 Å². The highest BCUT2D eigenvalue weighted by Crippen LogP contribution is 2.37. The summed E-state index contributed by atoms with van der Waals surface area (Å²) in [5.41, 5.74) is 0.898. The van der Waals surface area contributed by atoms with Crippen LogP contribution in [0.4, 0.5) is 8.78 Å². The first-order chi connectivity index (χ1) is 6.54. The molecule has 0 aliphatic carbocycles. The summed E-state index contributed by atoms with van der Waals surface area (Å²) in [7, 11) is 1.40. The van der Waals surface area contributed by atoms with Crippen molar-refractivity contribution in [2.24, 2.45) is 0 Å². The van der Waals surface area contributed by atoms with Gasteiger partial charge in [0.25, 0.3) is 0 Å². The topological polar surface area (TPSA) is 18.5 Å². The lowest BCUT2D eigenvalue weighted by Gasteiger charge is -2.12. The lowest BCUT2D eigenvalue weighted by atomic mass is 10.2. The molecule has 0 heterocycles. The molecule has 0 fully saturated rings. The molecule has 0 saturated carbocycles. The van der Waals surface area contributed by atoms with Crippen LogP contribution in [-0.2, 0) is 0 Å². The maximum Gasteiger partial charge on any atom is 0.387 e. The molecule has 1 aromatic carbocycles. The van der Waals surface area contributed by atoms with Crippen molar-refractivity contribution in [3.05, 3.63) is 22.2 Å². The zero-order valence-corrected chi connectivity index (χ0v) is 9.27. The molecule has 0 bridgehead atoms. The van der Waals surface area contributed by atoms with Crippen LogP contribution < -0.4 is 9.47 Å². The molecule has 0 saturated heterocycles. The van der Waals surface area contributed by atoms with Crippen LogP contribution >= 0.6 is 15.9 Å². The van der Waals surface area contributed by atoms with Gasteiger partial charge in [-0.3, -0.25) is 0 Å². The highest BCUT2D eigenvalue weighted by molar-refractivity contribution is 9.10. The maximum atomic E-state index is 12.0. The summed E-state index contributed by atoms with van der Waals surface area (Å²) >= 11 is 3.13. The summed E-state index contributed by atoms with van der Waals surface area (Å²) in [4.78, 5) is 0. The number of methoxy groups -OCH3 is 1. The normalized spacial score (nSPS) is 10.4. The van der Waals surface area contributed by atoms with Gasteiger partial charge in [0, 0.05) is 0 Å². The van der Waals surface area contributed by atoms with Gasteiger partial charge in [0.05, 0.1) is 11.6 Å². The van der Waals surface area contributed by atoms with Crippen molar-refractivity contribution in [1.29, 1.82) is 0 Å². The zero-order valence-electron chi connectivity index (χ0n) is 7.68. The predicted octanol–water partition coefficient (Wildman–Crippen LogP) is 3.37. The number of ether oxygens (including phenoxy) is 2. The van der Waals surface area contributed by atoms with Crippen molar-refractivity contribution in [3.8, 4) is 11.5 Å². The van der Waals surface area contributed by atoms with E-state index in [1.54, 1.807) is 12.1 Å². The standard InChI is InChI=1S/C9H9BrF2O2/c1-5-3-6(10)8(14-9(11)12)7(4-5)13-2/h3-4,9H,1-2H3. The Morgan fingerprint density at radius 1 is 1.36 bits per heavy atom. The molecule has 0 radical (unpaired) electrons. The summed E-state index contributed by atoms with van der Waals surface area (Å²) < 4.78 is 33.7. The van der Waals surface area contributed by atoms with Gasteiger partial charge in [0.2, 0.25) is 0 Å². The first kappa shape index (κ1) is 11.2. The van der Waals surface area contributed by atoms with Crippen molar-refractivity contribution in [2.45, 2.75) is 13.5 Å². The van der Waals surface area contributed by atoms with E-state index >= 15 is 0 Å². The predicted molar refractivity (Wildman–Crippen MR) is 52.1 cm³/mol. The molecule has 0 spiro atoms. The van der Waals surface area contributed by atoms with E-state index in [9.17, 15) is 8.78 Å². The van der Waals surface area contributed by atoms with E-state index in [2.05, 4.69) is 20.7 Å². The third kappa shape index (κ3) is 2.57. The molecule has 0 aliphatic heterocycles. The van der Waals surface area contributed by atoms with Crippen LogP contribution in [0.5, 0.6) is 11.5 Å². The molecule has 1 rings (SSSR count). The summed E-state index contributed by atoms with van der Waals surface area (Å²) in [6, 6.07) is 3.31. The summed E-state index contributed by atoms with van der Waals surface area (Å²) in [6.07, 6.45) is 0. The van der Waals surface area contributed by atoms with Crippen LogP contribution in [0.2, 0.25) is 0 Å². The fraction of sp³-hybridized carbons (Fsp3) is 0.333. The highest BCUT2D eigenvalue weighted by Gasteiger charge is 2.14. The third-order valence-corrected chi connectivity index (χ3v) is 2.17. The Balaban J connectivity index is 3.11. The molecule has 0 amide bonds. The molecule has 2 nitrogen and oxygen atoms in total. The number of aryl methyl sites for hydroxylation is 1. The molecule has 78 valence electrons. The van der Waals surface area contributed by atoms with E-state index in [-0.39, 0.29) is 11.5 Å². The van der Waals surface area contributed by atoms with E-state index in [1.807, 2.05) is 6.92 Å². The van der Waals surface area contributed by atoms with Crippen molar-refractivity contribution >= 4 is 15.9 Å². The molecular weight excluding hydrogens is 258 g/mol. The SMILES string of the molecule is COc1cc(C)cc(Br)c1OC(F)F. The van der Waals surface area contributed by atoms with Gasteiger partial charge in [-0.1, -0.05) is 0 Å². The Bertz CT molecular complexity index is 329. The van der Waals surface area contributed by atoms with E-state index in [1.165, 1.54) is 7.11 Å². The van der Waals surface area contributed by atoms with Gasteiger partial charge in [0.15, 0.2) is 11.5 Å². The van der Waals surface area contributed by atoms with Crippen molar-refractivity contribution in [1.82, 2.24) is 0 Å². The van der Waals surface area contributed by atoms with Gasteiger partial charge in [-0.25, -0.2) is 0 Å². The molecule has 0 N–H and O–H groups in total. The number of halogens is 3. The smallest absolute Gasteiger partial charge is 0.387 e. The number of hydrogen-bond donors (Lipinski definition) is 0. The second-order valence-corrected chi connectivity index (χ2v) is 3.51. The Hall–Kier alpha value is -0.840. The van der Waals surface area contributed by atoms with Crippen LogP contribution in [0.15, 0.2) is 16.6 Å². The van der Waals surface area contributed by atoms with Crippen LogP contribution in [-0.4, -0.2) is 13.7 Å². The average molecular weight is 267 g/mol. The molecule has 0 atom stereocenters. The number of hydrogen-bond acceptors (Lipinski definition) is 2. The molecule has 5 heteroatoms. The monoisotopic (exact) mass is 266 g/mol. The van der Waals surface area contributed by atoms with Gasteiger partial charge in [-0.05, 0) is 40.5 Å². The van der Waals surface area contributed by atoms with E-state index in [0.717, 1.165) is 5.56 Å². The van der Waals surface area contributed by atoms with Crippen molar-refractivity contribution < 1.29 is 18.3 Å². The second kappa shape index (κ2) is 4.59. The van der Waals surface area contributed by atoms with Gasteiger partial charge in [-0.15, -0.1) is 0 Å². The summed E-state index contributed by atoms with van der Waals surface area (Å²) in [6.45, 7) is -1.03. The zero-order chi connectivity index (χ0) is 10.7. The minimum atomic E-state index is -2.86. The highest BCUT2D eigenvalue weighted by atomic mass is 79.9. The van der Waals surface area contributed by atoms with Gasteiger partial charge in [-0.2, -0.15) is 8.78 Å². The first-order valence-electron chi connectivity index (χ1n) is 3.83. The van der Waals surface area contributed by atoms with Gasteiger partial charge >= 0.3 is 6.61 Å². The Labute approximate surface area is 89.0 Å². The largest absolute Gasteiger partial charge is 0.493 e. The Kier molecular flexibility index (Phi) is 3.69. The molecular formula is C9H9BrF2O2. The van der Waals surface area contributed by atoms with Crippen LogP contribution in [0.1, 0.15) is 5.56 Å². The quantitative estimate of drug-likeness (QED) is 0.835. The van der Waals surface area contributed by atoms with Gasteiger partial charge in [0.1, 0.15) is 0 Å². The molecule has 14 heavy (non-hydrogen) atoms. The van der Waals surface area contributed by atoms with E-state index < -0.39 is 6.61 Å². The van der Waals surface area contributed by atoms with Gasteiger partial charge < -0.3 is 9.47 Å². The molecule has 0 aliphatic rings. The number of alkyl halides is 2. The van der Waals surface area contributed by atoms with Crippen molar-refractivity contribution in [2.75, 3.05) is 7.11 Å². The average Bonchev–Trinajstić information content (AvgIpc) is 2.08. The summed E-state index contributed by atoms with van der Waals surface area (Å²) in [5.74, 6) is 0.310. The molecule has 0 aromatic heterocycles.